The zero-order valence-corrected chi connectivity index (χ0v) is 21.8. The number of benzene rings is 4. The van der Waals surface area contributed by atoms with E-state index in [4.69, 9.17) is 9.47 Å². The number of nitro groups is 1. The van der Waals surface area contributed by atoms with Crippen LogP contribution in [0.3, 0.4) is 0 Å². The molecule has 1 aliphatic rings. The van der Waals surface area contributed by atoms with Crippen LogP contribution in [0.25, 0.3) is 6.08 Å². The number of hydrogen-bond donors (Lipinski definition) is 0. The molecule has 0 saturated carbocycles. The molecule has 10 nitrogen and oxygen atoms in total. The summed E-state index contributed by atoms with van der Waals surface area (Å²) in [5, 5.41) is 11.0. The van der Waals surface area contributed by atoms with Crippen molar-refractivity contribution in [1.29, 1.82) is 0 Å². The van der Waals surface area contributed by atoms with Crippen molar-refractivity contribution in [3.05, 3.63) is 130 Å². The van der Waals surface area contributed by atoms with Crippen LogP contribution in [0.15, 0.2) is 109 Å². The van der Waals surface area contributed by atoms with Crippen LogP contribution in [0.4, 0.5) is 21.9 Å². The molecule has 0 unspecified atom stereocenters. The van der Waals surface area contributed by atoms with Crippen molar-refractivity contribution in [1.82, 2.24) is 0 Å². The molecule has 0 aliphatic carbocycles. The maximum atomic E-state index is 13.7. The van der Waals surface area contributed by atoms with Gasteiger partial charge in [-0.15, -0.1) is 0 Å². The normalized spacial score (nSPS) is 13.3. The molecule has 1 aliphatic heterocycles. The van der Waals surface area contributed by atoms with Gasteiger partial charge in [0, 0.05) is 17.7 Å². The molecule has 0 bridgehead atoms. The van der Waals surface area contributed by atoms with Crippen LogP contribution in [0, 0.1) is 10.1 Å². The average Bonchev–Trinajstić information content (AvgIpc) is 2.99. The summed E-state index contributed by atoms with van der Waals surface area (Å²) in [5.74, 6) is -0.992. The molecule has 0 atom stereocenters. The predicted molar refractivity (Wildman–Crippen MR) is 152 cm³/mol. The second kappa shape index (κ2) is 11.5. The maximum Gasteiger partial charge on any atom is 0.343 e. The summed E-state index contributed by atoms with van der Waals surface area (Å²) in [7, 11) is 1.45. The second-order valence-corrected chi connectivity index (χ2v) is 8.88. The number of non-ortho nitro benzene ring substituents is 1. The van der Waals surface area contributed by atoms with Crippen molar-refractivity contribution >= 4 is 41.0 Å². The monoisotopic (exact) mass is 549 g/mol. The fourth-order valence-electron chi connectivity index (χ4n) is 4.33. The topological polar surface area (TPSA) is 119 Å². The number of carbonyl (C=O) groups excluding carboxylic acids is 3. The molecule has 0 spiro atoms. The summed E-state index contributed by atoms with van der Waals surface area (Å²) in [5.41, 5.74) is 1.32. The molecule has 4 aromatic rings. The van der Waals surface area contributed by atoms with Gasteiger partial charge in [0.2, 0.25) is 0 Å². The smallest absolute Gasteiger partial charge is 0.343 e. The zero-order valence-electron chi connectivity index (χ0n) is 21.8. The third-order valence-electron chi connectivity index (χ3n) is 6.34. The number of carbonyl (C=O) groups is 3. The van der Waals surface area contributed by atoms with Crippen LogP contribution in [0.5, 0.6) is 11.5 Å². The van der Waals surface area contributed by atoms with E-state index in [2.05, 4.69) is 0 Å². The first kappa shape index (κ1) is 26.8. The summed E-state index contributed by atoms with van der Waals surface area (Å²) in [4.78, 5) is 53.4. The van der Waals surface area contributed by atoms with E-state index >= 15 is 0 Å². The highest BCUT2D eigenvalue weighted by atomic mass is 16.6. The van der Waals surface area contributed by atoms with Crippen LogP contribution in [0.2, 0.25) is 0 Å². The van der Waals surface area contributed by atoms with Crippen LogP contribution < -0.4 is 19.3 Å². The molecular weight excluding hydrogens is 526 g/mol. The lowest BCUT2D eigenvalue weighted by atomic mass is 10.0. The lowest BCUT2D eigenvalue weighted by molar-refractivity contribution is -0.384. The predicted octanol–water partition coefficient (Wildman–Crippen LogP) is 5.77. The minimum absolute atomic E-state index is 0.0290. The third-order valence-corrected chi connectivity index (χ3v) is 6.34. The molecule has 1 saturated heterocycles. The number of para-hydroxylation sites is 3. The molecule has 204 valence electrons. The summed E-state index contributed by atoms with van der Waals surface area (Å²) in [6.45, 7) is 0.0290. The van der Waals surface area contributed by atoms with Gasteiger partial charge in [-0.3, -0.25) is 19.7 Å². The number of nitro benzene ring substituents is 1. The molecule has 1 heterocycles. The SMILES string of the molecule is COc1cccc(C=C2C(=O)N(c3ccccc3)C(=O)N(c3ccccc3)C2=O)c1OCc1ccc([N+](=O)[O-])cc1. The Morgan fingerprint density at radius 3 is 1.83 bits per heavy atom. The van der Waals surface area contributed by atoms with E-state index in [9.17, 15) is 24.5 Å². The van der Waals surface area contributed by atoms with Crippen molar-refractivity contribution < 1.29 is 28.8 Å². The van der Waals surface area contributed by atoms with Gasteiger partial charge in [-0.25, -0.2) is 14.6 Å². The van der Waals surface area contributed by atoms with Gasteiger partial charge in [0.1, 0.15) is 12.2 Å². The summed E-state index contributed by atoms with van der Waals surface area (Å²) in [6, 6.07) is 26.8. The number of amides is 4. The Bertz CT molecular complexity index is 1590. The quantitative estimate of drug-likeness (QED) is 0.119. The van der Waals surface area contributed by atoms with E-state index < -0.39 is 22.8 Å². The Morgan fingerprint density at radius 1 is 0.756 bits per heavy atom. The average molecular weight is 550 g/mol. The van der Waals surface area contributed by atoms with Crippen LogP contribution in [0.1, 0.15) is 11.1 Å². The first-order valence-electron chi connectivity index (χ1n) is 12.5. The third kappa shape index (κ3) is 5.39. The fourth-order valence-corrected chi connectivity index (χ4v) is 4.33. The number of rotatable bonds is 8. The number of imide groups is 2. The van der Waals surface area contributed by atoms with Crippen molar-refractivity contribution in [3.63, 3.8) is 0 Å². The second-order valence-electron chi connectivity index (χ2n) is 8.88. The molecule has 0 radical (unpaired) electrons. The van der Waals surface area contributed by atoms with E-state index in [1.807, 2.05) is 0 Å². The Kier molecular flexibility index (Phi) is 7.55. The van der Waals surface area contributed by atoms with Crippen LogP contribution in [-0.4, -0.2) is 29.9 Å². The minimum atomic E-state index is -0.796. The van der Waals surface area contributed by atoms with E-state index in [-0.39, 0.29) is 23.6 Å². The van der Waals surface area contributed by atoms with E-state index in [0.717, 1.165) is 9.80 Å². The lowest BCUT2D eigenvalue weighted by Gasteiger charge is -2.34. The van der Waals surface area contributed by atoms with Gasteiger partial charge in [-0.2, -0.15) is 0 Å². The number of nitrogens with zero attached hydrogens (tertiary/aromatic N) is 3. The molecule has 4 amide bonds. The van der Waals surface area contributed by atoms with Gasteiger partial charge >= 0.3 is 6.03 Å². The maximum absolute atomic E-state index is 13.7. The van der Waals surface area contributed by atoms with Crippen molar-refractivity contribution in [2.45, 2.75) is 6.61 Å². The lowest BCUT2D eigenvalue weighted by Crippen LogP contribution is -2.57. The fraction of sp³-hybridized carbons (Fsp3) is 0.0645. The van der Waals surface area contributed by atoms with Gasteiger partial charge < -0.3 is 9.47 Å². The van der Waals surface area contributed by atoms with E-state index in [1.165, 1.54) is 25.3 Å². The highest BCUT2D eigenvalue weighted by Gasteiger charge is 2.43. The summed E-state index contributed by atoms with van der Waals surface area (Å²) in [6.07, 6.45) is 1.37. The molecule has 5 rings (SSSR count). The van der Waals surface area contributed by atoms with Gasteiger partial charge in [-0.1, -0.05) is 48.5 Å². The molecule has 10 heteroatoms. The summed E-state index contributed by atoms with van der Waals surface area (Å²) < 4.78 is 11.5. The van der Waals surface area contributed by atoms with Crippen molar-refractivity contribution in [3.8, 4) is 11.5 Å². The van der Waals surface area contributed by atoms with E-state index in [0.29, 0.717) is 28.3 Å². The van der Waals surface area contributed by atoms with Crippen LogP contribution >= 0.6 is 0 Å². The number of urea groups is 1. The number of anilines is 2. The van der Waals surface area contributed by atoms with Crippen molar-refractivity contribution in [2.24, 2.45) is 0 Å². The van der Waals surface area contributed by atoms with Gasteiger partial charge in [-0.05, 0) is 54.1 Å². The highest BCUT2D eigenvalue weighted by Crippen LogP contribution is 2.36. The molecule has 1 fully saturated rings. The largest absolute Gasteiger partial charge is 0.493 e. The van der Waals surface area contributed by atoms with Crippen molar-refractivity contribution in [2.75, 3.05) is 16.9 Å². The standard InChI is InChI=1S/C31H23N3O7/c1-40-27-14-8-9-22(28(27)41-20-21-15-17-25(18-16-21)34(38)39)19-26-29(35)32(23-10-4-2-5-11-23)31(37)33(30(26)36)24-12-6-3-7-13-24/h2-19H,20H2,1H3. The highest BCUT2D eigenvalue weighted by molar-refractivity contribution is 6.46. The number of hydrogen-bond acceptors (Lipinski definition) is 7. The van der Waals surface area contributed by atoms with E-state index in [1.54, 1.807) is 91.0 Å². The van der Waals surface area contributed by atoms with Crippen LogP contribution in [-0.2, 0) is 16.2 Å². The van der Waals surface area contributed by atoms with Gasteiger partial charge in [0.25, 0.3) is 17.5 Å². The Labute approximate surface area is 234 Å². The van der Waals surface area contributed by atoms with Gasteiger partial charge in [0.05, 0.1) is 23.4 Å². The zero-order chi connectivity index (χ0) is 28.9. The Balaban J connectivity index is 1.56. The Hall–Kier alpha value is -5.77. The number of ether oxygens (including phenoxy) is 2. The number of barbiturate groups is 1. The molecular formula is C31H23N3O7. The first-order chi connectivity index (χ1) is 19.9. The molecule has 41 heavy (non-hydrogen) atoms. The molecule has 4 aromatic carbocycles. The molecule has 0 N–H and O–H groups in total. The summed E-state index contributed by atoms with van der Waals surface area (Å²) >= 11 is 0. The first-order valence-corrected chi connectivity index (χ1v) is 12.5. The molecule has 0 aromatic heterocycles. The Morgan fingerprint density at radius 2 is 1.32 bits per heavy atom. The van der Waals surface area contributed by atoms with Gasteiger partial charge in [0.15, 0.2) is 11.5 Å². The number of methoxy groups -OCH3 is 1. The minimum Gasteiger partial charge on any atom is -0.493 e.